The van der Waals surface area contributed by atoms with Gasteiger partial charge in [0, 0.05) is 6.20 Å². The van der Waals surface area contributed by atoms with E-state index in [2.05, 4.69) is 9.97 Å². The van der Waals surface area contributed by atoms with E-state index in [0.29, 0.717) is 0 Å². The Bertz CT molecular complexity index is 822. The Morgan fingerprint density at radius 2 is 2.23 bits per heavy atom. The lowest BCUT2D eigenvalue weighted by Crippen LogP contribution is -2.33. The molecule has 1 unspecified atom stereocenters. The SMILES string of the molecule is N#Cc1cn([C@@H]2O[C@H](CO)[C@H](O)C2O)c2nc(N)[nH]c(=O)c12. The summed E-state index contributed by atoms with van der Waals surface area (Å²) in [5.41, 5.74) is 4.99. The van der Waals surface area contributed by atoms with E-state index in [1.54, 1.807) is 0 Å². The van der Waals surface area contributed by atoms with Gasteiger partial charge in [-0.1, -0.05) is 0 Å². The predicted octanol–water partition coefficient (Wildman–Crippen LogP) is -2.21. The van der Waals surface area contributed by atoms with Crippen LogP contribution in [0.4, 0.5) is 5.95 Å². The van der Waals surface area contributed by atoms with Crippen LogP contribution in [-0.2, 0) is 4.74 Å². The van der Waals surface area contributed by atoms with E-state index in [-0.39, 0.29) is 22.5 Å². The van der Waals surface area contributed by atoms with Crippen LogP contribution in [0.2, 0.25) is 0 Å². The van der Waals surface area contributed by atoms with Crippen LogP contribution in [0.25, 0.3) is 11.0 Å². The molecule has 2 aromatic rings. The molecule has 3 rings (SSSR count). The number of hydrogen-bond acceptors (Lipinski definition) is 8. The molecule has 116 valence electrons. The first-order valence-electron chi connectivity index (χ1n) is 6.40. The summed E-state index contributed by atoms with van der Waals surface area (Å²) < 4.78 is 6.63. The van der Waals surface area contributed by atoms with Crippen molar-refractivity contribution in [1.29, 1.82) is 5.26 Å². The zero-order chi connectivity index (χ0) is 16.0. The molecule has 0 bridgehead atoms. The number of nitrogens with zero attached hydrogens (tertiary/aromatic N) is 3. The number of ether oxygens (including phenoxy) is 1. The lowest BCUT2D eigenvalue weighted by atomic mass is 10.1. The van der Waals surface area contributed by atoms with Crippen molar-refractivity contribution in [2.75, 3.05) is 12.3 Å². The van der Waals surface area contributed by atoms with E-state index >= 15 is 0 Å². The third-order valence-electron chi connectivity index (χ3n) is 3.61. The summed E-state index contributed by atoms with van der Waals surface area (Å²) in [4.78, 5) is 18.2. The molecule has 0 amide bonds. The minimum absolute atomic E-state index is 0.00874. The van der Waals surface area contributed by atoms with Crippen molar-refractivity contribution in [2.45, 2.75) is 24.5 Å². The summed E-state index contributed by atoms with van der Waals surface area (Å²) in [6.07, 6.45) is -3.47. The highest BCUT2D eigenvalue weighted by atomic mass is 16.6. The van der Waals surface area contributed by atoms with Crippen molar-refractivity contribution in [3.05, 3.63) is 22.1 Å². The Kier molecular flexibility index (Phi) is 3.34. The molecule has 2 aromatic heterocycles. The van der Waals surface area contributed by atoms with Crippen LogP contribution in [-0.4, -0.2) is 54.8 Å². The van der Waals surface area contributed by atoms with Crippen LogP contribution in [0, 0.1) is 11.3 Å². The highest BCUT2D eigenvalue weighted by molar-refractivity contribution is 5.83. The normalized spacial score (nSPS) is 28.1. The summed E-state index contributed by atoms with van der Waals surface area (Å²) in [5, 5.41) is 38.1. The summed E-state index contributed by atoms with van der Waals surface area (Å²) in [5.74, 6) is -0.159. The van der Waals surface area contributed by atoms with Gasteiger partial charge in [0.05, 0.1) is 12.2 Å². The third kappa shape index (κ3) is 1.96. The van der Waals surface area contributed by atoms with Gasteiger partial charge >= 0.3 is 0 Å². The Hall–Kier alpha value is -2.45. The van der Waals surface area contributed by atoms with Crippen LogP contribution < -0.4 is 11.3 Å². The number of nitriles is 1. The number of nitrogens with one attached hydrogen (secondary N) is 1. The van der Waals surface area contributed by atoms with Crippen LogP contribution in [0.15, 0.2) is 11.0 Å². The molecule has 0 radical (unpaired) electrons. The van der Waals surface area contributed by atoms with Gasteiger partial charge in [0.1, 0.15) is 29.8 Å². The quantitative estimate of drug-likeness (QED) is 0.415. The first-order valence-corrected chi connectivity index (χ1v) is 6.40. The van der Waals surface area contributed by atoms with Gasteiger partial charge in [0.25, 0.3) is 5.56 Å². The highest BCUT2D eigenvalue weighted by Crippen LogP contribution is 2.32. The van der Waals surface area contributed by atoms with Crippen LogP contribution in [0.3, 0.4) is 0 Å². The second-order valence-corrected chi connectivity index (χ2v) is 4.94. The third-order valence-corrected chi connectivity index (χ3v) is 3.61. The topological polar surface area (TPSA) is 170 Å². The lowest BCUT2D eigenvalue weighted by molar-refractivity contribution is -0.0508. The van der Waals surface area contributed by atoms with Gasteiger partial charge in [-0.25, -0.2) is 0 Å². The van der Waals surface area contributed by atoms with E-state index in [1.807, 2.05) is 6.07 Å². The molecule has 1 fully saturated rings. The average Bonchev–Trinajstić information content (AvgIpc) is 2.98. The molecule has 1 aliphatic heterocycles. The second kappa shape index (κ2) is 5.08. The zero-order valence-corrected chi connectivity index (χ0v) is 11.2. The largest absolute Gasteiger partial charge is 0.394 e. The number of hydrogen-bond donors (Lipinski definition) is 5. The van der Waals surface area contributed by atoms with Gasteiger partial charge in [-0.05, 0) is 0 Å². The molecule has 0 aromatic carbocycles. The Morgan fingerprint density at radius 3 is 2.82 bits per heavy atom. The molecule has 0 spiro atoms. The maximum absolute atomic E-state index is 11.9. The monoisotopic (exact) mass is 307 g/mol. The Labute approximate surface area is 123 Å². The molecule has 3 heterocycles. The fourth-order valence-corrected chi connectivity index (χ4v) is 2.56. The molecule has 10 heteroatoms. The predicted molar refractivity (Wildman–Crippen MR) is 72.5 cm³/mol. The number of fused-ring (bicyclic) bond motifs is 1. The zero-order valence-electron chi connectivity index (χ0n) is 11.2. The number of nitrogen functional groups attached to an aromatic ring is 1. The van der Waals surface area contributed by atoms with Crippen LogP contribution in [0.5, 0.6) is 0 Å². The van der Waals surface area contributed by atoms with E-state index in [4.69, 9.17) is 20.8 Å². The molecule has 1 saturated heterocycles. The van der Waals surface area contributed by atoms with Gasteiger partial charge in [0.15, 0.2) is 11.9 Å². The van der Waals surface area contributed by atoms with Crippen molar-refractivity contribution in [3.8, 4) is 6.07 Å². The second-order valence-electron chi connectivity index (χ2n) is 4.94. The van der Waals surface area contributed by atoms with Crippen molar-refractivity contribution in [2.24, 2.45) is 0 Å². The average molecular weight is 307 g/mol. The van der Waals surface area contributed by atoms with Crippen molar-refractivity contribution >= 4 is 17.0 Å². The molecule has 1 aliphatic rings. The van der Waals surface area contributed by atoms with E-state index in [0.717, 1.165) is 0 Å². The number of aromatic nitrogens is 3. The highest BCUT2D eigenvalue weighted by Gasteiger charge is 2.44. The smallest absolute Gasteiger partial charge is 0.263 e. The van der Waals surface area contributed by atoms with E-state index in [1.165, 1.54) is 10.8 Å². The molecule has 6 N–H and O–H groups in total. The number of aliphatic hydroxyl groups is 3. The van der Waals surface area contributed by atoms with Crippen molar-refractivity contribution in [1.82, 2.24) is 14.5 Å². The number of aromatic amines is 1. The van der Waals surface area contributed by atoms with E-state index < -0.39 is 36.7 Å². The van der Waals surface area contributed by atoms with Gasteiger partial charge in [-0.15, -0.1) is 0 Å². The summed E-state index contributed by atoms with van der Waals surface area (Å²) in [6.45, 7) is -0.491. The fraction of sp³-hybridized carbons (Fsp3) is 0.417. The fourth-order valence-electron chi connectivity index (χ4n) is 2.56. The standard InChI is InChI=1S/C12H13N5O5/c13-1-4-2-17(9-6(4)10(21)16-12(14)15-9)11-8(20)7(19)5(3-18)22-11/h2,5,7-8,11,18-20H,3H2,(H3,14,15,16,21)/t5-,7+,8?,11-/m1/s1. The van der Waals surface area contributed by atoms with Gasteiger partial charge in [-0.3, -0.25) is 9.78 Å². The number of rotatable bonds is 2. The minimum Gasteiger partial charge on any atom is -0.394 e. The summed E-state index contributed by atoms with van der Waals surface area (Å²) in [6, 6.07) is 1.85. The maximum Gasteiger partial charge on any atom is 0.263 e. The molecule has 0 aliphatic carbocycles. The molecular weight excluding hydrogens is 294 g/mol. The number of H-pyrrole nitrogens is 1. The summed E-state index contributed by atoms with van der Waals surface area (Å²) in [7, 11) is 0. The number of aliphatic hydroxyl groups excluding tert-OH is 3. The molecule has 10 nitrogen and oxygen atoms in total. The molecule has 22 heavy (non-hydrogen) atoms. The minimum atomic E-state index is -1.36. The molecule has 4 atom stereocenters. The Morgan fingerprint density at radius 1 is 1.50 bits per heavy atom. The van der Waals surface area contributed by atoms with Crippen molar-refractivity contribution in [3.63, 3.8) is 0 Å². The van der Waals surface area contributed by atoms with E-state index in [9.17, 15) is 15.0 Å². The maximum atomic E-state index is 11.9. The first-order chi connectivity index (χ1) is 10.5. The molecular formula is C12H13N5O5. The van der Waals surface area contributed by atoms with Crippen LogP contribution >= 0.6 is 0 Å². The van der Waals surface area contributed by atoms with Crippen molar-refractivity contribution < 1.29 is 20.1 Å². The number of anilines is 1. The summed E-state index contributed by atoms with van der Waals surface area (Å²) >= 11 is 0. The van der Waals surface area contributed by atoms with Gasteiger partial charge < -0.3 is 30.4 Å². The van der Waals surface area contributed by atoms with Gasteiger partial charge in [-0.2, -0.15) is 10.2 Å². The lowest BCUT2D eigenvalue weighted by Gasteiger charge is -2.17. The van der Waals surface area contributed by atoms with Gasteiger partial charge in [0.2, 0.25) is 5.95 Å². The number of nitrogens with two attached hydrogens (primary N) is 1. The Balaban J connectivity index is 2.20. The molecule has 0 saturated carbocycles. The first kappa shape index (κ1) is 14.5. The van der Waals surface area contributed by atoms with Crippen LogP contribution in [0.1, 0.15) is 11.8 Å².